The molecule has 0 amide bonds. The number of methoxy groups -OCH3 is 1. The molecular formula is C18H19BrCl2N2O4S. The molecule has 1 saturated carbocycles. The summed E-state index contributed by atoms with van der Waals surface area (Å²) in [5.74, 6) is 0.328. The van der Waals surface area contributed by atoms with Gasteiger partial charge in [0.15, 0.2) is 11.5 Å². The summed E-state index contributed by atoms with van der Waals surface area (Å²) in [7, 11) is -2.44. The van der Waals surface area contributed by atoms with E-state index in [0.717, 1.165) is 12.8 Å². The predicted octanol–water partition coefficient (Wildman–Crippen LogP) is 5.42. The van der Waals surface area contributed by atoms with Crippen molar-refractivity contribution in [2.75, 3.05) is 7.11 Å². The summed E-state index contributed by atoms with van der Waals surface area (Å²) in [6, 6.07) is 4.41. The third-order valence-electron chi connectivity index (χ3n) is 4.41. The third-order valence-corrected chi connectivity index (χ3v) is 6.97. The van der Waals surface area contributed by atoms with Gasteiger partial charge in [0.2, 0.25) is 15.9 Å². The van der Waals surface area contributed by atoms with Crippen LogP contribution in [-0.4, -0.2) is 26.6 Å². The predicted molar refractivity (Wildman–Crippen MR) is 112 cm³/mol. The Morgan fingerprint density at radius 2 is 1.82 bits per heavy atom. The smallest absolute Gasteiger partial charge is 0.244 e. The zero-order chi connectivity index (χ0) is 20.7. The van der Waals surface area contributed by atoms with Crippen molar-refractivity contribution in [1.29, 1.82) is 0 Å². The molecule has 10 heteroatoms. The average Bonchev–Trinajstić information content (AvgIpc) is 2.56. The fourth-order valence-corrected chi connectivity index (χ4v) is 5.87. The lowest BCUT2D eigenvalue weighted by molar-refractivity contribution is 0.143. The molecule has 28 heavy (non-hydrogen) atoms. The van der Waals surface area contributed by atoms with E-state index in [9.17, 15) is 8.42 Å². The Hall–Kier alpha value is -1.06. The van der Waals surface area contributed by atoms with Gasteiger partial charge in [-0.25, -0.2) is 18.1 Å². The van der Waals surface area contributed by atoms with Gasteiger partial charge in [-0.15, -0.1) is 0 Å². The molecule has 1 aromatic carbocycles. The minimum absolute atomic E-state index is 0.0289. The Bertz CT molecular complexity index is 984. The van der Waals surface area contributed by atoms with Crippen LogP contribution in [0.5, 0.6) is 17.4 Å². The summed E-state index contributed by atoms with van der Waals surface area (Å²) in [5.41, 5.74) is 0.138. The number of hydrogen-bond acceptors (Lipinski definition) is 5. The van der Waals surface area contributed by atoms with Gasteiger partial charge in [0.05, 0.1) is 23.4 Å². The van der Waals surface area contributed by atoms with Gasteiger partial charge in [-0.3, -0.25) is 0 Å². The van der Waals surface area contributed by atoms with E-state index < -0.39 is 10.0 Å². The second kappa shape index (κ2) is 7.99. The quantitative estimate of drug-likeness (QED) is 0.562. The van der Waals surface area contributed by atoms with Gasteiger partial charge in [-0.1, -0.05) is 53.0 Å². The highest BCUT2D eigenvalue weighted by atomic mass is 79.9. The molecule has 3 rings (SSSR count). The molecule has 1 heterocycles. The van der Waals surface area contributed by atoms with Gasteiger partial charge >= 0.3 is 0 Å². The lowest BCUT2D eigenvalue weighted by atomic mass is 9.69. The number of pyridine rings is 1. The van der Waals surface area contributed by atoms with E-state index in [-0.39, 0.29) is 43.8 Å². The van der Waals surface area contributed by atoms with E-state index >= 15 is 0 Å². The number of ether oxygens (including phenoxy) is 2. The van der Waals surface area contributed by atoms with E-state index in [0.29, 0.717) is 4.47 Å². The average molecular weight is 510 g/mol. The van der Waals surface area contributed by atoms with Crippen molar-refractivity contribution in [3.63, 3.8) is 0 Å². The maximum absolute atomic E-state index is 12.9. The zero-order valence-corrected chi connectivity index (χ0v) is 19.3. The first kappa shape index (κ1) is 21.6. The maximum Gasteiger partial charge on any atom is 0.244 e. The Balaban J connectivity index is 1.90. The van der Waals surface area contributed by atoms with E-state index in [4.69, 9.17) is 32.7 Å². The highest BCUT2D eigenvalue weighted by Gasteiger charge is 2.39. The van der Waals surface area contributed by atoms with Crippen LogP contribution in [0.4, 0.5) is 0 Å². The summed E-state index contributed by atoms with van der Waals surface area (Å²) < 4.78 is 40.0. The summed E-state index contributed by atoms with van der Waals surface area (Å²) in [6.45, 7) is 4.20. The van der Waals surface area contributed by atoms with E-state index in [1.165, 1.54) is 19.4 Å². The van der Waals surface area contributed by atoms with Crippen LogP contribution in [0.15, 0.2) is 33.8 Å². The maximum atomic E-state index is 12.9. The standard InChI is InChI=1S/C18H19BrCl2N2O4S/c1-18(2)7-11(8-18)23-28(24,25)15-6-16(22-9-14(15)26-3)27-17-12(20)4-10(19)5-13(17)21/h4-6,9,11,23H,7-8H2,1-3H3. The Morgan fingerprint density at radius 3 is 2.36 bits per heavy atom. The Morgan fingerprint density at radius 1 is 1.21 bits per heavy atom. The molecule has 1 aromatic heterocycles. The van der Waals surface area contributed by atoms with Gasteiger partial charge in [0.1, 0.15) is 4.90 Å². The van der Waals surface area contributed by atoms with Gasteiger partial charge in [0, 0.05) is 16.6 Å². The first-order valence-corrected chi connectivity index (χ1v) is 11.4. The second-order valence-corrected chi connectivity index (χ2v) is 10.8. The molecular weight excluding hydrogens is 491 g/mol. The van der Waals surface area contributed by atoms with Crippen LogP contribution in [0, 0.1) is 5.41 Å². The molecule has 0 spiro atoms. The van der Waals surface area contributed by atoms with Crippen molar-refractivity contribution >= 4 is 49.2 Å². The molecule has 1 aliphatic carbocycles. The lowest BCUT2D eigenvalue weighted by Crippen LogP contribution is -2.48. The summed E-state index contributed by atoms with van der Waals surface area (Å²) in [6.07, 6.45) is 2.83. The van der Waals surface area contributed by atoms with E-state index in [1.54, 1.807) is 12.1 Å². The number of nitrogens with one attached hydrogen (secondary N) is 1. The van der Waals surface area contributed by atoms with Gasteiger partial charge in [-0.2, -0.15) is 0 Å². The number of rotatable bonds is 6. The zero-order valence-electron chi connectivity index (χ0n) is 15.4. The molecule has 0 unspecified atom stereocenters. The van der Waals surface area contributed by atoms with E-state index in [2.05, 4.69) is 39.5 Å². The molecule has 0 saturated heterocycles. The van der Waals surface area contributed by atoms with Crippen LogP contribution in [0.3, 0.4) is 0 Å². The Kier molecular flexibility index (Phi) is 6.18. The molecule has 1 aliphatic rings. The van der Waals surface area contributed by atoms with Crippen molar-refractivity contribution in [1.82, 2.24) is 9.71 Å². The molecule has 1 N–H and O–H groups in total. The summed E-state index contributed by atoms with van der Waals surface area (Å²) >= 11 is 15.6. The van der Waals surface area contributed by atoms with Crippen molar-refractivity contribution in [2.24, 2.45) is 5.41 Å². The minimum Gasteiger partial charge on any atom is -0.494 e. The van der Waals surface area contributed by atoms with Crippen LogP contribution in [-0.2, 0) is 10.0 Å². The first-order valence-electron chi connectivity index (χ1n) is 8.39. The second-order valence-electron chi connectivity index (χ2n) is 7.36. The molecule has 152 valence electrons. The fraction of sp³-hybridized carbons (Fsp3) is 0.389. The Labute approximate surface area is 182 Å². The highest BCUT2D eigenvalue weighted by molar-refractivity contribution is 9.10. The molecule has 2 aromatic rings. The molecule has 0 aliphatic heterocycles. The molecule has 1 fully saturated rings. The van der Waals surface area contributed by atoms with Crippen molar-refractivity contribution in [3.8, 4) is 17.4 Å². The normalized spacial score (nSPS) is 16.5. The van der Waals surface area contributed by atoms with E-state index in [1.807, 2.05) is 0 Å². The SMILES string of the molecule is COc1cnc(Oc2c(Cl)cc(Br)cc2Cl)cc1S(=O)(=O)NC1CC(C)(C)C1. The summed E-state index contributed by atoms with van der Waals surface area (Å²) in [4.78, 5) is 4.03. The van der Waals surface area contributed by atoms with Crippen LogP contribution >= 0.6 is 39.1 Å². The fourth-order valence-electron chi connectivity index (χ4n) is 3.20. The van der Waals surface area contributed by atoms with Crippen LogP contribution in [0.2, 0.25) is 10.0 Å². The number of nitrogens with zero attached hydrogens (tertiary/aromatic N) is 1. The summed E-state index contributed by atoms with van der Waals surface area (Å²) in [5, 5.41) is 0.521. The molecule has 0 atom stereocenters. The molecule has 0 bridgehead atoms. The first-order chi connectivity index (χ1) is 13.0. The van der Waals surface area contributed by atoms with Gasteiger partial charge in [0.25, 0.3) is 0 Å². The molecule has 0 radical (unpaired) electrons. The largest absolute Gasteiger partial charge is 0.494 e. The van der Waals surface area contributed by atoms with Crippen molar-refractivity contribution in [2.45, 2.75) is 37.6 Å². The molecule has 6 nitrogen and oxygen atoms in total. The number of sulfonamides is 1. The number of aromatic nitrogens is 1. The minimum atomic E-state index is -3.82. The van der Waals surface area contributed by atoms with Gasteiger partial charge < -0.3 is 9.47 Å². The topological polar surface area (TPSA) is 77.5 Å². The lowest BCUT2D eigenvalue weighted by Gasteiger charge is -2.42. The number of halogens is 3. The van der Waals surface area contributed by atoms with Crippen molar-refractivity contribution in [3.05, 3.63) is 38.9 Å². The number of hydrogen-bond donors (Lipinski definition) is 1. The van der Waals surface area contributed by atoms with Crippen LogP contribution < -0.4 is 14.2 Å². The number of benzene rings is 1. The third kappa shape index (κ3) is 4.74. The van der Waals surface area contributed by atoms with Crippen LogP contribution in [0.1, 0.15) is 26.7 Å². The highest BCUT2D eigenvalue weighted by Crippen LogP contribution is 2.42. The van der Waals surface area contributed by atoms with Gasteiger partial charge in [-0.05, 0) is 30.4 Å². The van der Waals surface area contributed by atoms with Crippen molar-refractivity contribution < 1.29 is 17.9 Å². The van der Waals surface area contributed by atoms with Crippen LogP contribution in [0.25, 0.3) is 0 Å². The monoisotopic (exact) mass is 508 g/mol.